The summed E-state index contributed by atoms with van der Waals surface area (Å²) in [5.41, 5.74) is 0. The van der Waals surface area contributed by atoms with Crippen LogP contribution < -0.4 is 0 Å². The zero-order valence-electron chi connectivity index (χ0n) is 11.1. The molecule has 0 aliphatic carbocycles. The van der Waals surface area contributed by atoms with Gasteiger partial charge in [0.1, 0.15) is 0 Å². The molecule has 0 N–H and O–H groups in total. The van der Waals surface area contributed by atoms with Crippen LogP contribution in [0.1, 0.15) is 19.7 Å². The Morgan fingerprint density at radius 1 is 1.47 bits per heavy atom. The van der Waals surface area contributed by atoms with E-state index in [0.717, 1.165) is 18.0 Å². The van der Waals surface area contributed by atoms with Crippen molar-refractivity contribution in [2.75, 3.05) is 12.3 Å². The largest absolute Gasteiger partial charge is 0.338 e. The first kappa shape index (κ1) is 13.1. The first-order valence-corrected chi connectivity index (χ1v) is 8.39. The fraction of sp³-hybridized carbons (Fsp3) is 0.538. The number of hydrogen-bond acceptors (Lipinski definition) is 6. The third-order valence-corrected chi connectivity index (χ3v) is 5.77. The van der Waals surface area contributed by atoms with Crippen LogP contribution in [0.3, 0.4) is 0 Å². The zero-order valence-corrected chi connectivity index (χ0v) is 12.7. The fourth-order valence-electron chi connectivity index (χ4n) is 2.22. The number of hydrogen-bond donors (Lipinski definition) is 0. The second-order valence-corrected chi connectivity index (χ2v) is 7.21. The third-order valence-electron chi connectivity index (χ3n) is 3.56. The van der Waals surface area contributed by atoms with Gasteiger partial charge in [-0.2, -0.15) is 16.7 Å². The summed E-state index contributed by atoms with van der Waals surface area (Å²) >= 11 is 3.67. The van der Waals surface area contributed by atoms with E-state index in [9.17, 15) is 0 Å². The predicted octanol–water partition coefficient (Wildman–Crippen LogP) is 3.12. The normalized spacial score (nSPS) is 24.7. The maximum Gasteiger partial charge on any atom is 0.241 e. The summed E-state index contributed by atoms with van der Waals surface area (Å²) in [5, 5.41) is 6.75. The molecular weight excluding hydrogens is 278 g/mol. The van der Waals surface area contributed by atoms with Gasteiger partial charge in [0.25, 0.3) is 0 Å². The van der Waals surface area contributed by atoms with E-state index in [2.05, 4.69) is 28.9 Å². The second kappa shape index (κ2) is 5.64. The highest BCUT2D eigenvalue weighted by Crippen LogP contribution is 2.26. The van der Waals surface area contributed by atoms with E-state index >= 15 is 0 Å². The highest BCUT2D eigenvalue weighted by atomic mass is 32.2. The van der Waals surface area contributed by atoms with Crippen LogP contribution in [0.4, 0.5) is 0 Å². The first-order chi connectivity index (χ1) is 9.24. The van der Waals surface area contributed by atoms with Gasteiger partial charge in [0.05, 0.1) is 11.4 Å². The lowest BCUT2D eigenvalue weighted by Gasteiger charge is -2.36. The summed E-state index contributed by atoms with van der Waals surface area (Å²) < 4.78 is 5.37. The number of thioether (sulfide) groups is 1. The topological polar surface area (TPSA) is 42.2 Å². The van der Waals surface area contributed by atoms with Gasteiger partial charge in [-0.05, 0) is 18.4 Å². The summed E-state index contributed by atoms with van der Waals surface area (Å²) in [6, 6.07) is 4.57. The third kappa shape index (κ3) is 2.85. The van der Waals surface area contributed by atoms with Gasteiger partial charge in [0, 0.05) is 23.6 Å². The lowest BCUT2D eigenvalue weighted by Crippen LogP contribution is -2.44. The van der Waals surface area contributed by atoms with Gasteiger partial charge in [-0.15, -0.1) is 11.3 Å². The Labute approximate surface area is 121 Å². The van der Waals surface area contributed by atoms with Gasteiger partial charge >= 0.3 is 0 Å². The molecule has 0 radical (unpaired) electrons. The molecule has 3 rings (SSSR count). The summed E-state index contributed by atoms with van der Waals surface area (Å²) in [7, 11) is 0. The smallest absolute Gasteiger partial charge is 0.241 e. The minimum atomic E-state index is 0.552. The van der Waals surface area contributed by atoms with Crippen LogP contribution in [-0.2, 0) is 6.54 Å². The summed E-state index contributed by atoms with van der Waals surface area (Å²) in [4.78, 5) is 7.97. The van der Waals surface area contributed by atoms with Crippen molar-refractivity contribution in [3.8, 4) is 10.7 Å². The Bertz CT molecular complexity index is 526. The standard InChI is InChI=1S/C13H17N3OS2/c1-9-10(2)18-7-5-16(9)8-12-14-13(15-17-12)11-4-3-6-19-11/h3-4,6,9-10H,5,7-8H2,1-2H3. The number of rotatable bonds is 3. The monoisotopic (exact) mass is 295 g/mol. The molecule has 19 heavy (non-hydrogen) atoms. The maximum atomic E-state index is 5.37. The molecule has 6 heteroatoms. The molecular formula is C13H17N3OS2. The molecule has 1 aliphatic rings. The van der Waals surface area contributed by atoms with E-state index < -0.39 is 0 Å². The lowest BCUT2D eigenvalue weighted by atomic mass is 10.2. The van der Waals surface area contributed by atoms with Gasteiger partial charge in [0.15, 0.2) is 0 Å². The van der Waals surface area contributed by atoms with Gasteiger partial charge in [0.2, 0.25) is 11.7 Å². The van der Waals surface area contributed by atoms with Crippen LogP contribution in [0.2, 0.25) is 0 Å². The first-order valence-electron chi connectivity index (χ1n) is 6.46. The van der Waals surface area contributed by atoms with Crippen LogP contribution in [0.5, 0.6) is 0 Å². The van der Waals surface area contributed by atoms with Crippen LogP contribution in [0.25, 0.3) is 10.7 Å². The molecule has 0 bridgehead atoms. The van der Waals surface area contributed by atoms with E-state index in [-0.39, 0.29) is 0 Å². The lowest BCUT2D eigenvalue weighted by molar-refractivity contribution is 0.178. The molecule has 0 amide bonds. The maximum absolute atomic E-state index is 5.37. The van der Waals surface area contributed by atoms with Crippen molar-refractivity contribution in [3.05, 3.63) is 23.4 Å². The Morgan fingerprint density at radius 3 is 3.16 bits per heavy atom. The molecule has 1 aliphatic heterocycles. The molecule has 1 saturated heterocycles. The highest BCUT2D eigenvalue weighted by Gasteiger charge is 2.26. The Kier molecular flexibility index (Phi) is 3.91. The number of aromatic nitrogens is 2. The molecule has 0 aromatic carbocycles. The fourth-order valence-corrected chi connectivity index (χ4v) is 4.03. The van der Waals surface area contributed by atoms with Crippen LogP contribution in [0, 0.1) is 0 Å². The van der Waals surface area contributed by atoms with Gasteiger partial charge in [-0.3, -0.25) is 4.90 Å². The van der Waals surface area contributed by atoms with Crippen LogP contribution in [-0.4, -0.2) is 38.6 Å². The summed E-state index contributed by atoms with van der Waals surface area (Å²) in [5.74, 6) is 2.60. The molecule has 0 spiro atoms. The summed E-state index contributed by atoms with van der Waals surface area (Å²) in [6.45, 7) is 6.40. The molecule has 2 atom stereocenters. The van der Waals surface area contributed by atoms with E-state index in [1.54, 1.807) is 11.3 Å². The van der Waals surface area contributed by atoms with Crippen molar-refractivity contribution < 1.29 is 4.52 Å². The molecule has 0 saturated carbocycles. The number of nitrogens with zero attached hydrogens (tertiary/aromatic N) is 3. The Balaban J connectivity index is 1.70. The molecule has 1 fully saturated rings. The molecule has 102 valence electrons. The van der Waals surface area contributed by atoms with Crippen molar-refractivity contribution in [2.45, 2.75) is 31.7 Å². The minimum absolute atomic E-state index is 0.552. The van der Waals surface area contributed by atoms with Crippen molar-refractivity contribution in [1.82, 2.24) is 15.0 Å². The van der Waals surface area contributed by atoms with Crippen molar-refractivity contribution in [2.24, 2.45) is 0 Å². The molecule has 4 nitrogen and oxygen atoms in total. The minimum Gasteiger partial charge on any atom is -0.338 e. The average molecular weight is 295 g/mol. The predicted molar refractivity (Wildman–Crippen MR) is 79.4 cm³/mol. The summed E-state index contributed by atoms with van der Waals surface area (Å²) in [6.07, 6.45) is 0. The molecule has 2 aromatic rings. The van der Waals surface area contributed by atoms with Crippen LogP contribution in [0.15, 0.2) is 22.0 Å². The van der Waals surface area contributed by atoms with E-state index in [0.29, 0.717) is 23.0 Å². The van der Waals surface area contributed by atoms with E-state index in [1.165, 1.54) is 5.75 Å². The van der Waals surface area contributed by atoms with Gasteiger partial charge < -0.3 is 4.52 Å². The molecule has 3 heterocycles. The van der Waals surface area contributed by atoms with Crippen molar-refractivity contribution in [3.63, 3.8) is 0 Å². The van der Waals surface area contributed by atoms with Gasteiger partial charge in [-0.1, -0.05) is 18.1 Å². The number of thiophene rings is 1. The molecule has 2 unspecified atom stereocenters. The van der Waals surface area contributed by atoms with Gasteiger partial charge in [-0.25, -0.2) is 0 Å². The van der Waals surface area contributed by atoms with Crippen molar-refractivity contribution in [1.29, 1.82) is 0 Å². The quantitative estimate of drug-likeness (QED) is 0.870. The molecule has 2 aromatic heterocycles. The van der Waals surface area contributed by atoms with E-state index in [4.69, 9.17) is 4.52 Å². The van der Waals surface area contributed by atoms with Crippen LogP contribution >= 0.6 is 23.1 Å². The Morgan fingerprint density at radius 2 is 2.37 bits per heavy atom. The SMILES string of the molecule is CC1SCCN(Cc2nc(-c3cccs3)no2)C1C. The average Bonchev–Trinajstić information content (AvgIpc) is 3.05. The van der Waals surface area contributed by atoms with Crippen molar-refractivity contribution >= 4 is 23.1 Å². The second-order valence-electron chi connectivity index (χ2n) is 4.78. The van der Waals surface area contributed by atoms with E-state index in [1.807, 2.05) is 29.3 Å². The Hall–Kier alpha value is -0.850. The zero-order chi connectivity index (χ0) is 13.2. The highest BCUT2D eigenvalue weighted by molar-refractivity contribution is 8.00.